The van der Waals surface area contributed by atoms with Crippen molar-refractivity contribution in [2.24, 2.45) is 0 Å². The zero-order valence-electron chi connectivity index (χ0n) is 13.4. The predicted octanol–water partition coefficient (Wildman–Crippen LogP) is 3.26. The van der Waals surface area contributed by atoms with Gasteiger partial charge in [-0.05, 0) is 44.5 Å². The van der Waals surface area contributed by atoms with Crippen molar-refractivity contribution in [1.82, 2.24) is 0 Å². The van der Waals surface area contributed by atoms with Crippen LogP contribution in [-0.4, -0.2) is 32.2 Å². The number of ether oxygens (including phenoxy) is 3. The third-order valence-electron chi connectivity index (χ3n) is 2.50. The molecule has 0 aromatic heterocycles. The molecule has 0 fully saturated rings. The Bertz CT molecular complexity index is 573. The van der Waals surface area contributed by atoms with Gasteiger partial charge in [0.05, 0.1) is 19.9 Å². The van der Waals surface area contributed by atoms with Crippen molar-refractivity contribution in [2.75, 3.05) is 19.5 Å². The molecule has 1 aromatic rings. The van der Waals surface area contributed by atoms with Gasteiger partial charge in [-0.25, -0.2) is 4.79 Å². The van der Waals surface area contributed by atoms with Crippen LogP contribution < -0.4 is 14.8 Å². The molecule has 6 nitrogen and oxygen atoms in total. The lowest BCUT2D eigenvalue weighted by molar-refractivity contribution is -0.104. The van der Waals surface area contributed by atoms with Crippen LogP contribution in [0.5, 0.6) is 11.5 Å². The summed E-state index contributed by atoms with van der Waals surface area (Å²) in [7, 11) is 2.96. The van der Waals surface area contributed by atoms with Crippen molar-refractivity contribution in [2.45, 2.75) is 26.4 Å². The smallest absolute Gasteiger partial charge is 0.412 e. The summed E-state index contributed by atoms with van der Waals surface area (Å²) in [6, 6.07) is 3.35. The van der Waals surface area contributed by atoms with Gasteiger partial charge in [-0.2, -0.15) is 0 Å². The number of amides is 1. The maximum atomic E-state index is 11.9. The number of hydrogen-bond acceptors (Lipinski definition) is 5. The number of rotatable bonds is 5. The molecule has 1 amide bonds. The van der Waals surface area contributed by atoms with Crippen LogP contribution in [0.2, 0.25) is 0 Å². The number of anilines is 1. The first-order valence-corrected chi connectivity index (χ1v) is 6.68. The van der Waals surface area contributed by atoms with E-state index in [9.17, 15) is 9.59 Å². The summed E-state index contributed by atoms with van der Waals surface area (Å²) in [6.07, 6.45) is 3.00. The Morgan fingerprint density at radius 3 is 2.36 bits per heavy atom. The van der Waals surface area contributed by atoms with Crippen molar-refractivity contribution in [3.8, 4) is 11.5 Å². The van der Waals surface area contributed by atoms with Crippen LogP contribution in [0.1, 0.15) is 26.3 Å². The molecule has 1 aromatic carbocycles. The molecular formula is C16H21NO5. The molecule has 6 heteroatoms. The quantitative estimate of drug-likeness (QED) is 0.667. The second-order valence-electron chi connectivity index (χ2n) is 5.43. The van der Waals surface area contributed by atoms with Gasteiger partial charge in [0.2, 0.25) is 0 Å². The van der Waals surface area contributed by atoms with Crippen molar-refractivity contribution in [3.05, 3.63) is 23.8 Å². The summed E-state index contributed by atoms with van der Waals surface area (Å²) in [6.45, 7) is 5.31. The SMILES string of the molecule is COc1cc(/C=C/C=O)cc(NC(=O)OC(C)(C)C)c1OC. The normalized spacial score (nSPS) is 11.1. The Morgan fingerprint density at radius 1 is 1.18 bits per heavy atom. The molecule has 0 aliphatic carbocycles. The van der Waals surface area contributed by atoms with E-state index >= 15 is 0 Å². The highest BCUT2D eigenvalue weighted by Gasteiger charge is 2.19. The van der Waals surface area contributed by atoms with Crippen LogP contribution in [0, 0.1) is 0 Å². The topological polar surface area (TPSA) is 73.9 Å². The predicted molar refractivity (Wildman–Crippen MR) is 84.5 cm³/mol. The highest BCUT2D eigenvalue weighted by molar-refractivity contribution is 5.89. The molecule has 0 unspecified atom stereocenters. The summed E-state index contributed by atoms with van der Waals surface area (Å²) in [5.74, 6) is 0.804. The summed E-state index contributed by atoms with van der Waals surface area (Å²) >= 11 is 0. The minimum Gasteiger partial charge on any atom is -0.493 e. The largest absolute Gasteiger partial charge is 0.493 e. The molecule has 0 radical (unpaired) electrons. The molecule has 1 rings (SSSR count). The van der Waals surface area contributed by atoms with Gasteiger partial charge in [-0.1, -0.05) is 6.08 Å². The van der Waals surface area contributed by atoms with E-state index in [-0.39, 0.29) is 0 Å². The van der Waals surface area contributed by atoms with Crippen molar-refractivity contribution >= 4 is 24.1 Å². The lowest BCUT2D eigenvalue weighted by Crippen LogP contribution is -2.27. The first-order chi connectivity index (χ1) is 10.3. The number of carbonyl (C=O) groups excluding carboxylic acids is 2. The van der Waals surface area contributed by atoms with Gasteiger partial charge in [-0.15, -0.1) is 0 Å². The Kier molecular flexibility index (Phi) is 5.98. The number of hydrogen-bond donors (Lipinski definition) is 1. The summed E-state index contributed by atoms with van der Waals surface area (Å²) in [5, 5.41) is 2.62. The molecule has 0 aliphatic rings. The Labute approximate surface area is 130 Å². The van der Waals surface area contributed by atoms with E-state index < -0.39 is 11.7 Å². The second kappa shape index (κ2) is 7.49. The molecule has 0 heterocycles. The number of methoxy groups -OCH3 is 2. The van der Waals surface area contributed by atoms with Crippen LogP contribution in [0.3, 0.4) is 0 Å². The number of aldehydes is 1. The number of allylic oxidation sites excluding steroid dienone is 1. The van der Waals surface area contributed by atoms with Crippen LogP contribution in [-0.2, 0) is 9.53 Å². The van der Waals surface area contributed by atoms with Gasteiger partial charge in [0.15, 0.2) is 11.5 Å². The summed E-state index contributed by atoms with van der Waals surface area (Å²) < 4.78 is 15.7. The van der Waals surface area contributed by atoms with Crippen LogP contribution in [0.25, 0.3) is 6.08 Å². The first kappa shape index (κ1) is 17.6. The van der Waals surface area contributed by atoms with Gasteiger partial charge in [-0.3, -0.25) is 10.1 Å². The Balaban J connectivity index is 3.16. The maximum absolute atomic E-state index is 11.9. The highest BCUT2D eigenvalue weighted by Crippen LogP contribution is 2.37. The minimum atomic E-state index is -0.615. The van der Waals surface area contributed by atoms with E-state index in [1.807, 2.05) is 0 Å². The lowest BCUT2D eigenvalue weighted by Gasteiger charge is -2.21. The van der Waals surface area contributed by atoms with Crippen LogP contribution in [0.15, 0.2) is 18.2 Å². The molecule has 0 bridgehead atoms. The summed E-state index contributed by atoms with van der Waals surface area (Å²) in [5.41, 5.74) is 0.452. The molecule has 22 heavy (non-hydrogen) atoms. The van der Waals surface area contributed by atoms with E-state index in [0.29, 0.717) is 29.0 Å². The standard InChI is InChI=1S/C16H21NO5/c1-16(2,3)22-15(19)17-12-9-11(7-6-8-18)10-13(20-4)14(12)21-5/h6-10H,1-5H3,(H,17,19)/b7-6+. The van der Waals surface area contributed by atoms with Crippen LogP contribution in [0.4, 0.5) is 10.5 Å². The van der Waals surface area contributed by atoms with Gasteiger partial charge in [0.1, 0.15) is 11.9 Å². The molecule has 1 N–H and O–H groups in total. The third-order valence-corrected chi connectivity index (χ3v) is 2.50. The van der Waals surface area contributed by atoms with E-state index in [2.05, 4.69) is 5.32 Å². The minimum absolute atomic E-state index is 0.372. The average Bonchev–Trinajstić information content (AvgIpc) is 2.42. The Morgan fingerprint density at radius 2 is 1.86 bits per heavy atom. The molecular weight excluding hydrogens is 286 g/mol. The first-order valence-electron chi connectivity index (χ1n) is 6.68. The fraction of sp³-hybridized carbons (Fsp3) is 0.375. The number of nitrogens with one attached hydrogen (secondary N) is 1. The van der Waals surface area contributed by atoms with E-state index in [1.54, 1.807) is 39.0 Å². The van der Waals surface area contributed by atoms with E-state index in [1.165, 1.54) is 20.3 Å². The molecule has 0 aliphatic heterocycles. The molecule has 0 atom stereocenters. The molecule has 0 saturated carbocycles. The molecule has 0 saturated heterocycles. The fourth-order valence-electron chi connectivity index (χ4n) is 1.74. The molecule has 0 spiro atoms. The third kappa shape index (κ3) is 5.12. The molecule has 120 valence electrons. The fourth-order valence-corrected chi connectivity index (χ4v) is 1.74. The van der Waals surface area contributed by atoms with Crippen molar-refractivity contribution in [1.29, 1.82) is 0 Å². The number of benzene rings is 1. The lowest BCUT2D eigenvalue weighted by atomic mass is 10.1. The zero-order valence-corrected chi connectivity index (χ0v) is 13.4. The van der Waals surface area contributed by atoms with Crippen molar-refractivity contribution < 1.29 is 23.8 Å². The average molecular weight is 307 g/mol. The van der Waals surface area contributed by atoms with Gasteiger partial charge < -0.3 is 14.2 Å². The van der Waals surface area contributed by atoms with E-state index in [4.69, 9.17) is 14.2 Å². The number of carbonyl (C=O) groups is 2. The monoisotopic (exact) mass is 307 g/mol. The van der Waals surface area contributed by atoms with Gasteiger partial charge in [0, 0.05) is 0 Å². The summed E-state index contributed by atoms with van der Waals surface area (Å²) in [4.78, 5) is 22.4. The van der Waals surface area contributed by atoms with Gasteiger partial charge >= 0.3 is 6.09 Å². The highest BCUT2D eigenvalue weighted by atomic mass is 16.6. The van der Waals surface area contributed by atoms with Gasteiger partial charge in [0.25, 0.3) is 0 Å². The maximum Gasteiger partial charge on any atom is 0.412 e. The second-order valence-corrected chi connectivity index (χ2v) is 5.43. The zero-order chi connectivity index (χ0) is 16.8. The van der Waals surface area contributed by atoms with Crippen LogP contribution >= 0.6 is 0 Å². The van der Waals surface area contributed by atoms with Crippen molar-refractivity contribution in [3.63, 3.8) is 0 Å². The van der Waals surface area contributed by atoms with E-state index in [0.717, 1.165) is 0 Å². The Hall–Kier alpha value is -2.50.